The van der Waals surface area contributed by atoms with Crippen molar-refractivity contribution in [2.24, 2.45) is 34.6 Å². The van der Waals surface area contributed by atoms with Crippen molar-refractivity contribution in [2.45, 2.75) is 146 Å². The maximum absolute atomic E-state index is 13.2. The van der Waals surface area contributed by atoms with E-state index in [1.807, 2.05) is 43.3 Å². The number of carboxylic acid groups (broad SMARTS) is 1. The fourth-order valence-electron chi connectivity index (χ4n) is 10.0. The van der Waals surface area contributed by atoms with Crippen molar-refractivity contribution < 1.29 is 78.1 Å². The minimum absolute atomic E-state index is 0. The first-order valence-electron chi connectivity index (χ1n) is 26.3. The normalized spacial score (nSPS) is 28.0. The number of alkyl halides is 1. The van der Waals surface area contributed by atoms with Crippen molar-refractivity contribution in [3.63, 3.8) is 0 Å². The van der Waals surface area contributed by atoms with Gasteiger partial charge in [-0.2, -0.15) is 8.88 Å². The molecule has 4 unspecified atom stereocenters. The van der Waals surface area contributed by atoms with E-state index in [1.54, 1.807) is 54.4 Å². The van der Waals surface area contributed by atoms with Crippen LogP contribution in [-0.2, 0) is 33.4 Å². The zero-order chi connectivity index (χ0) is 60.9. The molecular weight excluding hydrogens is 1140 g/mol. The first kappa shape index (κ1) is 79.4. The SMILES string of the molecule is C.CCC[C@@H]1C[C@@H](C(=O)N[C@H](CO)[C@H]2OC(SC)[C@H](C)[C@H](C)C2C)N(C)C1.CCC[C@@H]1C[C@@H](C(=O)N[C@H](COC(=O)Nc2ccccc2)[C@H]2OC(SC)[C@H](O)[C@H](O)C2O)N(C)C1.CCl.CSF.O=C=Nc1ccccc1.O=CO.OO. The maximum Gasteiger partial charge on any atom is 0.411 e. The number of thioether (sulfide) groups is 2. The summed E-state index contributed by atoms with van der Waals surface area (Å²) in [6.07, 6.45) is 7.85. The number of para-hydroxylation sites is 2. The molecule has 4 heterocycles. The molecule has 4 fully saturated rings. The molecule has 2 aromatic rings. The number of carbonyl (C=O) groups excluding carboxylic acids is 4. The van der Waals surface area contributed by atoms with Crippen molar-refractivity contribution >= 4 is 89.1 Å². The second-order valence-electron chi connectivity index (χ2n) is 19.5. The van der Waals surface area contributed by atoms with Crippen LogP contribution in [0.3, 0.4) is 0 Å². The Balaban J connectivity index is 0. The molecule has 0 aromatic heterocycles. The number of ether oxygens (including phenoxy) is 3. The fourth-order valence-corrected chi connectivity index (χ4v) is 11.6. The number of amides is 3. The third-order valence-electron chi connectivity index (χ3n) is 14.2. The summed E-state index contributed by atoms with van der Waals surface area (Å²) in [5.41, 5.74) is 0.481. The topological polar surface area (TPSA) is 310 Å². The largest absolute Gasteiger partial charge is 0.483 e. The lowest BCUT2D eigenvalue weighted by Crippen LogP contribution is -2.64. The quantitative estimate of drug-likeness (QED) is 0.0181. The van der Waals surface area contributed by atoms with Gasteiger partial charge in [-0.3, -0.25) is 40.0 Å². The Bertz CT molecular complexity index is 2020. The molecule has 4 aliphatic rings. The van der Waals surface area contributed by atoms with E-state index < -0.39 is 42.0 Å². The molecular formula is C55H94ClFN6O15S3. The lowest BCUT2D eigenvalue weighted by atomic mass is 9.77. The Hall–Kier alpha value is -3.63. The van der Waals surface area contributed by atoms with Gasteiger partial charge < -0.3 is 50.4 Å². The van der Waals surface area contributed by atoms with E-state index in [-0.39, 0.29) is 80.7 Å². The predicted octanol–water partition coefficient (Wildman–Crippen LogP) is 7.69. The molecule has 0 saturated carbocycles. The molecule has 3 amide bonds. The second kappa shape index (κ2) is 45.8. The molecule has 0 bridgehead atoms. The van der Waals surface area contributed by atoms with Gasteiger partial charge in [-0.15, -0.1) is 35.1 Å². The van der Waals surface area contributed by atoms with E-state index in [1.165, 1.54) is 36.9 Å². The molecule has 4 aliphatic heterocycles. The molecule has 466 valence electrons. The van der Waals surface area contributed by atoms with Gasteiger partial charge in [0.2, 0.25) is 17.9 Å². The van der Waals surface area contributed by atoms with Crippen LogP contribution in [0.1, 0.15) is 80.6 Å². The van der Waals surface area contributed by atoms with Crippen LogP contribution in [0.15, 0.2) is 65.7 Å². The minimum atomic E-state index is -1.49. The van der Waals surface area contributed by atoms with Gasteiger partial charge in [0.1, 0.15) is 41.9 Å². The zero-order valence-corrected chi connectivity index (χ0v) is 51.1. The van der Waals surface area contributed by atoms with E-state index in [9.17, 15) is 43.5 Å². The summed E-state index contributed by atoms with van der Waals surface area (Å²) in [5.74, 6) is 2.02. The number of aliphatic hydroxyl groups excluding tert-OH is 4. The van der Waals surface area contributed by atoms with Gasteiger partial charge in [0.25, 0.3) is 6.47 Å². The van der Waals surface area contributed by atoms with Crippen LogP contribution in [0.5, 0.6) is 0 Å². The standard InChI is InChI=1S/C24H37N3O7S.C20H38N2O3S.C7H5NO.CH3Cl.CH3FS.CH2O2.CH4.H2O2/c1-4-8-14-11-17(27(2)12-14)22(31)26-16(13-33-24(32)25-15-9-6-5-7-10-15)21-19(29)18(28)20(30)23(34-21)35-3;1-7-8-15-9-17(22(5)10-15)19(24)21-16(11-23)18-13(3)12(2)14(4)20(25-18)26-6;9-6-8-7-4-2-1-3-5-7;1-2;1-3-2;2-1-3;;1-2/h5-7,9-10,14,16-21,23,28-30H,4,8,11-13H2,1-3H3,(H,25,32)(H,26,31);12-18,20,23H,7-11H2,1-6H3,(H,21,24);1-5H;1H3;1H3;1H,(H,2,3);1H4;1-2H/t14-,16-,17+,18-,19?,20-,21-,23?;12-,13?,14-,15-,16-,17+,18+,20?;;;;;;/m11....../s1. The van der Waals surface area contributed by atoms with Crippen LogP contribution in [0.2, 0.25) is 0 Å². The third-order valence-corrected chi connectivity index (χ3v) is 16.1. The predicted molar refractivity (Wildman–Crippen MR) is 322 cm³/mol. The minimum Gasteiger partial charge on any atom is -0.483 e. The molecule has 0 radical (unpaired) electrons. The summed E-state index contributed by atoms with van der Waals surface area (Å²) in [5, 5.41) is 68.7. The Labute approximate surface area is 497 Å². The van der Waals surface area contributed by atoms with Crippen LogP contribution < -0.4 is 16.0 Å². The summed E-state index contributed by atoms with van der Waals surface area (Å²) < 4.78 is 27.7. The summed E-state index contributed by atoms with van der Waals surface area (Å²) >= 11 is 7.78. The molecule has 21 nitrogen and oxygen atoms in total. The van der Waals surface area contributed by atoms with Crippen molar-refractivity contribution in [1.82, 2.24) is 20.4 Å². The Kier molecular flexibility index (Phi) is 44.9. The number of nitrogens with one attached hydrogen (secondary N) is 3. The molecule has 6 rings (SSSR count). The number of nitrogens with zero attached hydrogens (tertiary/aromatic N) is 3. The highest BCUT2D eigenvalue weighted by Crippen LogP contribution is 2.40. The highest BCUT2D eigenvalue weighted by atomic mass is 35.5. The van der Waals surface area contributed by atoms with Crippen LogP contribution >= 0.6 is 47.3 Å². The Morgan fingerprint density at radius 2 is 1.22 bits per heavy atom. The lowest BCUT2D eigenvalue weighted by Gasteiger charge is -2.46. The molecule has 2 aromatic carbocycles. The number of benzene rings is 2. The zero-order valence-electron chi connectivity index (χ0n) is 47.9. The number of carbonyl (C=O) groups is 4. The van der Waals surface area contributed by atoms with Gasteiger partial charge in [0.05, 0.1) is 42.6 Å². The second-order valence-corrected chi connectivity index (χ2v) is 21.6. The van der Waals surface area contributed by atoms with E-state index in [4.69, 9.17) is 34.6 Å². The highest BCUT2D eigenvalue weighted by Gasteiger charge is 2.48. The number of likely N-dealkylation sites (N-methyl/N-ethyl adjacent to an activating group) is 2. The molecule has 26 heteroatoms. The average molecular weight is 1230 g/mol. The van der Waals surface area contributed by atoms with Gasteiger partial charge in [-0.25, -0.2) is 9.59 Å². The molecule has 0 spiro atoms. The van der Waals surface area contributed by atoms with Crippen molar-refractivity contribution in [3.05, 3.63) is 60.7 Å². The van der Waals surface area contributed by atoms with Crippen LogP contribution in [-0.4, -0.2) is 207 Å². The van der Waals surface area contributed by atoms with E-state index in [2.05, 4.69) is 78.3 Å². The number of halogens is 2. The number of aliphatic imine (C=N–C) groups is 1. The number of anilines is 1. The number of likely N-dealkylation sites (tertiary alicyclic amines) is 2. The number of aliphatic hydroxyl groups is 4. The van der Waals surface area contributed by atoms with E-state index >= 15 is 0 Å². The molecule has 10 N–H and O–H groups in total. The first-order valence-corrected chi connectivity index (χ1v) is 30.8. The van der Waals surface area contributed by atoms with Gasteiger partial charge in [0.15, 0.2) is 0 Å². The van der Waals surface area contributed by atoms with Crippen molar-refractivity contribution in [2.75, 3.05) is 70.9 Å². The number of hydrogen-bond acceptors (Lipinski definition) is 20. The summed E-state index contributed by atoms with van der Waals surface area (Å²) in [6, 6.07) is 16.0. The fraction of sp³-hybridized carbons (Fsp3) is 0.691. The smallest absolute Gasteiger partial charge is 0.411 e. The third kappa shape index (κ3) is 27.3. The van der Waals surface area contributed by atoms with Crippen molar-refractivity contribution in [1.29, 1.82) is 0 Å². The van der Waals surface area contributed by atoms with Gasteiger partial charge in [-0.05, 0) is 106 Å². The van der Waals surface area contributed by atoms with Crippen LogP contribution in [0.4, 0.5) is 20.1 Å². The number of isocyanates is 1. The van der Waals surface area contributed by atoms with Crippen LogP contribution in [0.25, 0.3) is 0 Å². The number of hydrogen-bond donors (Lipinski definition) is 10. The molecule has 16 atom stereocenters. The van der Waals surface area contributed by atoms with Crippen LogP contribution in [0, 0.1) is 29.6 Å². The van der Waals surface area contributed by atoms with Gasteiger partial charge in [-0.1, -0.05) is 91.3 Å². The first-order chi connectivity index (χ1) is 38.3. The molecule has 81 heavy (non-hydrogen) atoms. The monoisotopic (exact) mass is 1230 g/mol. The summed E-state index contributed by atoms with van der Waals surface area (Å²) in [6.45, 7) is 12.1. The van der Waals surface area contributed by atoms with Gasteiger partial charge in [0, 0.05) is 43.6 Å². The summed E-state index contributed by atoms with van der Waals surface area (Å²) in [4.78, 5) is 64.1. The Morgan fingerprint density at radius 1 is 0.778 bits per heavy atom. The molecule has 0 aliphatic carbocycles. The maximum atomic E-state index is 13.2. The Morgan fingerprint density at radius 3 is 1.65 bits per heavy atom. The average Bonchev–Trinajstić information content (AvgIpc) is 4.04. The van der Waals surface area contributed by atoms with Gasteiger partial charge >= 0.3 is 6.09 Å². The molecule has 4 saturated heterocycles. The number of rotatable bonds is 17. The lowest BCUT2D eigenvalue weighted by molar-refractivity contribution is -0.207. The van der Waals surface area contributed by atoms with Crippen molar-refractivity contribution in [3.8, 4) is 0 Å². The van der Waals surface area contributed by atoms with E-state index in [0.717, 1.165) is 38.8 Å². The van der Waals surface area contributed by atoms with E-state index in [0.29, 0.717) is 47.4 Å². The highest BCUT2D eigenvalue weighted by molar-refractivity contribution is 7.99. The summed E-state index contributed by atoms with van der Waals surface area (Å²) in [7, 11) is 3.93.